The molecular weight excluding hydrogens is 286 g/mol. The summed E-state index contributed by atoms with van der Waals surface area (Å²) >= 11 is 6.19. The van der Waals surface area contributed by atoms with Crippen LogP contribution in [0.15, 0.2) is 54.7 Å². The van der Waals surface area contributed by atoms with Gasteiger partial charge >= 0.3 is 0 Å². The second-order valence-electron chi connectivity index (χ2n) is 4.83. The Morgan fingerprint density at radius 3 is 2.71 bits per heavy atom. The van der Waals surface area contributed by atoms with Gasteiger partial charge in [0, 0.05) is 5.39 Å². The molecule has 0 bridgehead atoms. The Morgan fingerprint density at radius 1 is 1.14 bits per heavy atom. The fraction of sp³-hybridized carbons (Fsp3) is 0.118. The Bertz CT molecular complexity index is 787. The molecule has 21 heavy (non-hydrogen) atoms. The van der Waals surface area contributed by atoms with Gasteiger partial charge in [-0.25, -0.2) is 0 Å². The van der Waals surface area contributed by atoms with Gasteiger partial charge in [0.25, 0.3) is 0 Å². The molecule has 0 saturated heterocycles. The zero-order valence-corrected chi connectivity index (χ0v) is 12.2. The molecule has 0 spiro atoms. The molecular formula is C17H14ClNO2. The molecule has 3 aromatic rings. The Hall–Kier alpha value is -2.10. The molecule has 1 aromatic heterocycles. The summed E-state index contributed by atoms with van der Waals surface area (Å²) in [5.74, 6) is 1.17. The molecule has 1 unspecified atom stereocenters. The van der Waals surface area contributed by atoms with E-state index in [2.05, 4.69) is 4.98 Å². The Kier molecular flexibility index (Phi) is 3.78. The van der Waals surface area contributed by atoms with E-state index in [9.17, 15) is 5.11 Å². The van der Waals surface area contributed by atoms with Crippen molar-refractivity contribution in [3.05, 3.63) is 65.3 Å². The van der Waals surface area contributed by atoms with Gasteiger partial charge in [-0.3, -0.25) is 4.98 Å². The normalized spacial score (nSPS) is 12.3. The van der Waals surface area contributed by atoms with Gasteiger partial charge in [0.15, 0.2) is 0 Å². The number of aliphatic hydroxyl groups is 1. The molecule has 0 amide bonds. The van der Waals surface area contributed by atoms with Crippen LogP contribution in [-0.4, -0.2) is 10.1 Å². The van der Waals surface area contributed by atoms with Crippen molar-refractivity contribution in [1.82, 2.24) is 4.98 Å². The lowest BCUT2D eigenvalue weighted by atomic mass is 10.1. The first kappa shape index (κ1) is 13.9. The van der Waals surface area contributed by atoms with Crippen molar-refractivity contribution in [3.63, 3.8) is 0 Å². The molecule has 0 saturated carbocycles. The average molecular weight is 300 g/mol. The summed E-state index contributed by atoms with van der Waals surface area (Å²) in [5, 5.41) is 11.0. The number of nitrogens with zero attached hydrogens (tertiary/aromatic N) is 1. The van der Waals surface area contributed by atoms with E-state index >= 15 is 0 Å². The maximum atomic E-state index is 9.54. The lowest BCUT2D eigenvalue weighted by molar-refractivity contribution is 0.199. The first-order chi connectivity index (χ1) is 10.1. The van der Waals surface area contributed by atoms with Gasteiger partial charge in [-0.15, -0.1) is 0 Å². The Balaban J connectivity index is 1.91. The van der Waals surface area contributed by atoms with Crippen molar-refractivity contribution >= 4 is 22.5 Å². The van der Waals surface area contributed by atoms with Crippen LogP contribution in [0.25, 0.3) is 10.9 Å². The maximum absolute atomic E-state index is 9.54. The minimum Gasteiger partial charge on any atom is -0.454 e. The SMILES string of the molecule is CC(O)c1ccc(Oc2cnc3ccccc3c2)c(Cl)c1. The van der Waals surface area contributed by atoms with E-state index in [4.69, 9.17) is 16.3 Å². The van der Waals surface area contributed by atoms with E-state index in [0.29, 0.717) is 16.5 Å². The molecule has 0 radical (unpaired) electrons. The van der Waals surface area contributed by atoms with Gasteiger partial charge in [-0.1, -0.05) is 35.9 Å². The second-order valence-corrected chi connectivity index (χ2v) is 5.24. The largest absolute Gasteiger partial charge is 0.454 e. The zero-order chi connectivity index (χ0) is 14.8. The van der Waals surface area contributed by atoms with Crippen molar-refractivity contribution in [2.75, 3.05) is 0 Å². The summed E-state index contributed by atoms with van der Waals surface area (Å²) in [6.45, 7) is 1.69. The van der Waals surface area contributed by atoms with Crippen LogP contribution in [0.4, 0.5) is 0 Å². The van der Waals surface area contributed by atoms with E-state index in [1.165, 1.54) is 0 Å². The molecule has 0 aliphatic heterocycles. The van der Waals surface area contributed by atoms with E-state index < -0.39 is 6.10 Å². The van der Waals surface area contributed by atoms with Crippen LogP contribution in [0.3, 0.4) is 0 Å². The predicted molar refractivity (Wildman–Crippen MR) is 83.9 cm³/mol. The molecule has 106 valence electrons. The molecule has 3 rings (SSSR count). The maximum Gasteiger partial charge on any atom is 0.146 e. The highest BCUT2D eigenvalue weighted by Gasteiger charge is 2.08. The van der Waals surface area contributed by atoms with Crippen molar-refractivity contribution < 1.29 is 9.84 Å². The number of benzene rings is 2. The van der Waals surface area contributed by atoms with Gasteiger partial charge in [0.05, 0.1) is 22.8 Å². The fourth-order valence-electron chi connectivity index (χ4n) is 2.09. The predicted octanol–water partition coefficient (Wildman–Crippen LogP) is 4.73. The van der Waals surface area contributed by atoms with Gasteiger partial charge in [-0.05, 0) is 36.8 Å². The number of aliphatic hydroxyl groups excluding tert-OH is 1. The number of ether oxygens (including phenoxy) is 1. The summed E-state index contributed by atoms with van der Waals surface area (Å²) in [6, 6.07) is 15.0. The van der Waals surface area contributed by atoms with Crippen LogP contribution in [0.2, 0.25) is 5.02 Å². The van der Waals surface area contributed by atoms with Gasteiger partial charge in [-0.2, -0.15) is 0 Å². The summed E-state index contributed by atoms with van der Waals surface area (Å²) in [5.41, 5.74) is 1.67. The monoisotopic (exact) mass is 299 g/mol. The van der Waals surface area contributed by atoms with E-state index in [1.54, 1.807) is 31.3 Å². The molecule has 1 heterocycles. The first-order valence-corrected chi connectivity index (χ1v) is 7.01. The summed E-state index contributed by atoms with van der Waals surface area (Å²) in [4.78, 5) is 4.34. The fourth-order valence-corrected chi connectivity index (χ4v) is 2.32. The lowest BCUT2D eigenvalue weighted by Crippen LogP contribution is -1.92. The number of rotatable bonds is 3. The number of aromatic nitrogens is 1. The first-order valence-electron chi connectivity index (χ1n) is 6.63. The van der Waals surface area contributed by atoms with Crippen LogP contribution in [0.1, 0.15) is 18.6 Å². The van der Waals surface area contributed by atoms with Gasteiger partial charge in [0.2, 0.25) is 0 Å². The van der Waals surface area contributed by atoms with Crippen LogP contribution < -0.4 is 4.74 Å². The molecule has 0 fully saturated rings. The summed E-state index contributed by atoms with van der Waals surface area (Å²) < 4.78 is 5.78. The number of para-hydroxylation sites is 1. The molecule has 1 N–H and O–H groups in total. The lowest BCUT2D eigenvalue weighted by Gasteiger charge is -2.10. The number of hydrogen-bond acceptors (Lipinski definition) is 3. The molecule has 0 aliphatic carbocycles. The molecule has 3 nitrogen and oxygen atoms in total. The molecule has 1 atom stereocenters. The number of fused-ring (bicyclic) bond motifs is 1. The quantitative estimate of drug-likeness (QED) is 0.760. The average Bonchev–Trinajstić information content (AvgIpc) is 2.49. The van der Waals surface area contributed by atoms with Crippen LogP contribution in [0, 0.1) is 0 Å². The minimum absolute atomic E-state index is 0.460. The third-order valence-corrected chi connectivity index (χ3v) is 3.53. The van der Waals surface area contributed by atoms with Crippen molar-refractivity contribution in [1.29, 1.82) is 0 Å². The standard InChI is InChI=1S/C17H14ClNO2/c1-11(20)12-6-7-17(15(18)9-12)21-14-8-13-4-2-3-5-16(13)19-10-14/h2-11,20H,1H3. The number of pyridine rings is 1. The van der Waals surface area contributed by atoms with Gasteiger partial charge in [0.1, 0.15) is 11.5 Å². The smallest absolute Gasteiger partial charge is 0.146 e. The Labute approximate surface area is 127 Å². The third-order valence-electron chi connectivity index (χ3n) is 3.23. The van der Waals surface area contributed by atoms with Crippen LogP contribution in [-0.2, 0) is 0 Å². The van der Waals surface area contributed by atoms with E-state index in [0.717, 1.165) is 16.5 Å². The van der Waals surface area contributed by atoms with Crippen molar-refractivity contribution in [2.45, 2.75) is 13.0 Å². The van der Waals surface area contributed by atoms with E-state index in [-0.39, 0.29) is 0 Å². The molecule has 0 aliphatic rings. The topological polar surface area (TPSA) is 42.4 Å². The number of halogens is 1. The van der Waals surface area contributed by atoms with E-state index in [1.807, 2.05) is 30.3 Å². The summed E-state index contributed by atoms with van der Waals surface area (Å²) in [7, 11) is 0. The van der Waals surface area contributed by atoms with Crippen molar-refractivity contribution in [2.24, 2.45) is 0 Å². The Morgan fingerprint density at radius 2 is 1.95 bits per heavy atom. The van der Waals surface area contributed by atoms with Crippen LogP contribution in [0.5, 0.6) is 11.5 Å². The number of hydrogen-bond donors (Lipinski definition) is 1. The molecule has 2 aromatic carbocycles. The highest BCUT2D eigenvalue weighted by atomic mass is 35.5. The highest BCUT2D eigenvalue weighted by molar-refractivity contribution is 6.32. The zero-order valence-electron chi connectivity index (χ0n) is 11.5. The summed E-state index contributed by atoms with van der Waals surface area (Å²) in [6.07, 6.45) is 1.11. The highest BCUT2D eigenvalue weighted by Crippen LogP contribution is 2.32. The van der Waals surface area contributed by atoms with Crippen LogP contribution >= 0.6 is 11.6 Å². The minimum atomic E-state index is -0.557. The second kappa shape index (κ2) is 5.72. The van der Waals surface area contributed by atoms with Crippen molar-refractivity contribution in [3.8, 4) is 11.5 Å². The third kappa shape index (κ3) is 2.99. The van der Waals surface area contributed by atoms with Gasteiger partial charge < -0.3 is 9.84 Å². The molecule has 4 heteroatoms.